The third-order valence-corrected chi connectivity index (χ3v) is 1.48. The first-order chi connectivity index (χ1) is 4.43. The van der Waals surface area contributed by atoms with Crippen LogP contribution in [0.15, 0.2) is 0 Å². The second-order valence-corrected chi connectivity index (χ2v) is 2.21. The minimum Gasteiger partial charge on any atom is -0.394 e. The summed E-state index contributed by atoms with van der Waals surface area (Å²) < 4.78 is 5.24. The molecule has 3 heteroatoms. The van der Waals surface area contributed by atoms with Crippen molar-refractivity contribution in [2.24, 2.45) is 0 Å². The Bertz CT molecular complexity index is 69.5. The highest BCUT2D eigenvalue weighted by Gasteiger charge is 2.09. The fourth-order valence-electron chi connectivity index (χ4n) is 0.913. The molecule has 1 aliphatic heterocycles. The van der Waals surface area contributed by atoms with Gasteiger partial charge in [0.15, 0.2) is 0 Å². The molecule has 0 spiro atoms. The molecule has 1 rings (SSSR count). The van der Waals surface area contributed by atoms with Gasteiger partial charge in [0.05, 0.1) is 19.3 Å². The fraction of sp³-hybridized carbons (Fsp3) is 1.00. The second kappa shape index (κ2) is 3.82. The molecule has 0 bridgehead atoms. The molecule has 0 aliphatic carbocycles. The standard InChI is InChI=1S/C6H13NO2/c8-5-6-1-2-7-3-4-9-6/h6-8H,1-5H2. The maximum Gasteiger partial charge on any atom is 0.0818 e. The van der Waals surface area contributed by atoms with Gasteiger partial charge in [0.2, 0.25) is 0 Å². The predicted octanol–water partition coefficient (Wildman–Crippen LogP) is -0.643. The molecule has 54 valence electrons. The molecular formula is C6H13NO2. The van der Waals surface area contributed by atoms with Crippen molar-refractivity contribution in [2.45, 2.75) is 12.5 Å². The van der Waals surface area contributed by atoms with Crippen LogP contribution in [-0.4, -0.2) is 37.5 Å². The highest BCUT2D eigenvalue weighted by Crippen LogP contribution is 1.98. The smallest absolute Gasteiger partial charge is 0.0818 e. The van der Waals surface area contributed by atoms with E-state index in [0.29, 0.717) is 0 Å². The van der Waals surface area contributed by atoms with Crippen LogP contribution in [0.2, 0.25) is 0 Å². The fourth-order valence-corrected chi connectivity index (χ4v) is 0.913. The first-order valence-electron chi connectivity index (χ1n) is 3.36. The monoisotopic (exact) mass is 131 g/mol. The van der Waals surface area contributed by atoms with Gasteiger partial charge in [-0.2, -0.15) is 0 Å². The van der Waals surface area contributed by atoms with Gasteiger partial charge in [0.25, 0.3) is 0 Å². The van der Waals surface area contributed by atoms with Crippen molar-refractivity contribution in [3.05, 3.63) is 0 Å². The number of hydrogen-bond donors (Lipinski definition) is 2. The summed E-state index contributed by atoms with van der Waals surface area (Å²) in [5, 5.41) is 11.8. The van der Waals surface area contributed by atoms with Gasteiger partial charge in [0.1, 0.15) is 0 Å². The molecule has 0 radical (unpaired) electrons. The molecule has 0 amide bonds. The van der Waals surface area contributed by atoms with E-state index in [1.165, 1.54) is 0 Å². The number of hydrogen-bond acceptors (Lipinski definition) is 3. The molecule has 9 heavy (non-hydrogen) atoms. The summed E-state index contributed by atoms with van der Waals surface area (Å²) in [4.78, 5) is 0. The summed E-state index contributed by atoms with van der Waals surface area (Å²) >= 11 is 0. The summed E-state index contributed by atoms with van der Waals surface area (Å²) in [6.45, 7) is 2.76. The molecule has 2 N–H and O–H groups in total. The van der Waals surface area contributed by atoms with Gasteiger partial charge in [0, 0.05) is 6.54 Å². The summed E-state index contributed by atoms with van der Waals surface area (Å²) in [6, 6.07) is 0. The maximum atomic E-state index is 8.66. The van der Waals surface area contributed by atoms with E-state index >= 15 is 0 Å². The van der Waals surface area contributed by atoms with E-state index in [0.717, 1.165) is 26.1 Å². The molecule has 1 fully saturated rings. The lowest BCUT2D eigenvalue weighted by atomic mass is 10.3. The maximum absolute atomic E-state index is 8.66. The van der Waals surface area contributed by atoms with Crippen molar-refractivity contribution >= 4 is 0 Å². The van der Waals surface area contributed by atoms with E-state index in [4.69, 9.17) is 9.84 Å². The van der Waals surface area contributed by atoms with E-state index in [1.54, 1.807) is 0 Å². The van der Waals surface area contributed by atoms with Gasteiger partial charge in [-0.25, -0.2) is 0 Å². The molecule has 0 aromatic heterocycles. The Hall–Kier alpha value is -0.120. The van der Waals surface area contributed by atoms with Crippen LogP contribution in [-0.2, 0) is 4.74 Å². The molecule has 1 aliphatic rings. The Labute approximate surface area is 55.0 Å². The van der Waals surface area contributed by atoms with Gasteiger partial charge < -0.3 is 15.2 Å². The highest BCUT2D eigenvalue weighted by molar-refractivity contribution is 4.62. The Balaban J connectivity index is 2.18. The molecule has 1 saturated heterocycles. The molecule has 0 saturated carbocycles. The average Bonchev–Trinajstić information content (AvgIpc) is 2.13. The Morgan fingerprint density at radius 3 is 3.22 bits per heavy atom. The molecule has 1 unspecified atom stereocenters. The number of rotatable bonds is 1. The average molecular weight is 131 g/mol. The first-order valence-corrected chi connectivity index (χ1v) is 3.36. The summed E-state index contributed by atoms with van der Waals surface area (Å²) in [6.07, 6.45) is 0.997. The Morgan fingerprint density at radius 1 is 1.56 bits per heavy atom. The first kappa shape index (κ1) is 6.99. The zero-order chi connectivity index (χ0) is 6.53. The van der Waals surface area contributed by atoms with Gasteiger partial charge in [-0.05, 0) is 13.0 Å². The highest BCUT2D eigenvalue weighted by atomic mass is 16.5. The minimum atomic E-state index is 0.0694. The van der Waals surface area contributed by atoms with Crippen LogP contribution < -0.4 is 5.32 Å². The predicted molar refractivity (Wildman–Crippen MR) is 34.3 cm³/mol. The van der Waals surface area contributed by atoms with E-state index in [2.05, 4.69) is 5.32 Å². The van der Waals surface area contributed by atoms with E-state index in [9.17, 15) is 0 Å². The van der Waals surface area contributed by atoms with Crippen LogP contribution >= 0.6 is 0 Å². The van der Waals surface area contributed by atoms with Crippen molar-refractivity contribution in [1.29, 1.82) is 0 Å². The molecule has 1 atom stereocenters. The van der Waals surface area contributed by atoms with E-state index < -0.39 is 0 Å². The Morgan fingerprint density at radius 2 is 2.44 bits per heavy atom. The number of aliphatic hydroxyl groups is 1. The van der Waals surface area contributed by atoms with Crippen molar-refractivity contribution in [2.75, 3.05) is 26.3 Å². The largest absolute Gasteiger partial charge is 0.394 e. The van der Waals surface area contributed by atoms with Gasteiger partial charge >= 0.3 is 0 Å². The summed E-state index contributed by atoms with van der Waals surface area (Å²) in [5.74, 6) is 0. The third kappa shape index (κ3) is 2.30. The minimum absolute atomic E-state index is 0.0694. The molecular weight excluding hydrogens is 118 g/mol. The van der Waals surface area contributed by atoms with E-state index in [1.807, 2.05) is 0 Å². The van der Waals surface area contributed by atoms with Gasteiger partial charge in [-0.15, -0.1) is 0 Å². The lowest BCUT2D eigenvalue weighted by Crippen LogP contribution is -2.18. The molecule has 3 nitrogen and oxygen atoms in total. The molecule has 0 aromatic carbocycles. The lowest BCUT2D eigenvalue weighted by molar-refractivity contribution is 0.0220. The normalized spacial score (nSPS) is 29.7. The summed E-state index contributed by atoms with van der Waals surface area (Å²) in [7, 11) is 0. The van der Waals surface area contributed by atoms with Crippen LogP contribution in [0, 0.1) is 0 Å². The molecule has 0 aromatic rings. The van der Waals surface area contributed by atoms with Crippen LogP contribution in [0.1, 0.15) is 6.42 Å². The van der Waals surface area contributed by atoms with Crippen molar-refractivity contribution in [1.82, 2.24) is 5.32 Å². The second-order valence-electron chi connectivity index (χ2n) is 2.21. The number of aliphatic hydroxyl groups excluding tert-OH is 1. The number of ether oxygens (including phenoxy) is 1. The Kier molecular flexibility index (Phi) is 2.97. The van der Waals surface area contributed by atoms with E-state index in [-0.39, 0.29) is 12.7 Å². The van der Waals surface area contributed by atoms with Crippen LogP contribution in [0.5, 0.6) is 0 Å². The zero-order valence-electron chi connectivity index (χ0n) is 5.47. The van der Waals surface area contributed by atoms with Crippen molar-refractivity contribution in [3.63, 3.8) is 0 Å². The van der Waals surface area contributed by atoms with Crippen LogP contribution in [0.3, 0.4) is 0 Å². The third-order valence-electron chi connectivity index (χ3n) is 1.48. The van der Waals surface area contributed by atoms with Gasteiger partial charge in [-0.1, -0.05) is 0 Å². The van der Waals surface area contributed by atoms with Crippen LogP contribution in [0.25, 0.3) is 0 Å². The SMILES string of the molecule is OCC1CCNCCO1. The molecule has 1 heterocycles. The topological polar surface area (TPSA) is 41.5 Å². The van der Waals surface area contributed by atoms with Crippen molar-refractivity contribution < 1.29 is 9.84 Å². The quantitative estimate of drug-likeness (QED) is 0.497. The van der Waals surface area contributed by atoms with Crippen molar-refractivity contribution in [3.8, 4) is 0 Å². The van der Waals surface area contributed by atoms with Crippen LogP contribution in [0.4, 0.5) is 0 Å². The number of nitrogens with one attached hydrogen (secondary N) is 1. The summed E-state index contributed by atoms with van der Waals surface area (Å²) in [5.41, 5.74) is 0. The lowest BCUT2D eigenvalue weighted by Gasteiger charge is -2.09. The van der Waals surface area contributed by atoms with Gasteiger partial charge in [-0.3, -0.25) is 0 Å². The zero-order valence-corrected chi connectivity index (χ0v) is 5.47.